The molecule has 3 amide bonds. The molecule has 238 valence electrons. The van der Waals surface area contributed by atoms with Crippen molar-refractivity contribution in [2.75, 3.05) is 39.4 Å². The number of nitrogens with zero attached hydrogens (tertiary/aromatic N) is 3. The quantitative estimate of drug-likeness (QED) is 0.369. The van der Waals surface area contributed by atoms with Gasteiger partial charge in [0.25, 0.3) is 8.32 Å². The zero-order chi connectivity index (χ0) is 31.8. The zero-order valence-electron chi connectivity index (χ0n) is 26.2. The zero-order valence-corrected chi connectivity index (χ0v) is 28.0. The number of ether oxygens (including phenoxy) is 1. The van der Waals surface area contributed by atoms with E-state index in [4.69, 9.17) is 20.8 Å². The average Bonchev–Trinajstić information content (AvgIpc) is 3.51. The van der Waals surface area contributed by atoms with Gasteiger partial charge >= 0.3 is 12.1 Å². The summed E-state index contributed by atoms with van der Waals surface area (Å²) in [5.74, 6) is 0. The van der Waals surface area contributed by atoms with Crippen LogP contribution in [0.5, 0.6) is 0 Å². The molecule has 10 heteroatoms. The third kappa shape index (κ3) is 6.11. The maximum absolute atomic E-state index is 14.0. The van der Waals surface area contributed by atoms with Gasteiger partial charge in [-0.15, -0.1) is 0 Å². The van der Waals surface area contributed by atoms with Crippen LogP contribution in [-0.4, -0.2) is 85.7 Å². The molecule has 2 atom stereocenters. The number of carbonyl (C=O) groups is 2. The average molecular weight is 648 g/mol. The van der Waals surface area contributed by atoms with Gasteiger partial charge in [-0.25, -0.2) is 9.59 Å². The molecule has 0 aliphatic carbocycles. The van der Waals surface area contributed by atoms with Gasteiger partial charge in [-0.3, -0.25) is 4.90 Å². The van der Waals surface area contributed by atoms with Gasteiger partial charge in [0.15, 0.2) is 0 Å². The number of carbonyl (C=O) groups excluding carboxylic acids is 1. The topological polar surface area (TPSA) is 82.6 Å². The first-order chi connectivity index (χ1) is 21.6. The normalized spacial score (nSPS) is 20.7. The van der Waals surface area contributed by atoms with E-state index in [2.05, 4.69) is 69.3 Å². The third-order valence-corrected chi connectivity index (χ3v) is 14.8. The van der Waals surface area contributed by atoms with Crippen molar-refractivity contribution in [2.24, 2.45) is 0 Å². The Balaban J connectivity index is 1.23. The number of hydrogen-bond donors (Lipinski definition) is 1. The molecule has 2 saturated heterocycles. The number of fused-ring (bicyclic) bond motifs is 1. The first-order valence-electron chi connectivity index (χ1n) is 15.8. The fraction of sp³-hybridized carbons (Fsp3) is 0.429. The van der Waals surface area contributed by atoms with E-state index >= 15 is 0 Å². The number of rotatable bonds is 5. The maximum atomic E-state index is 14.0. The van der Waals surface area contributed by atoms with Crippen molar-refractivity contribution < 1.29 is 23.9 Å². The summed E-state index contributed by atoms with van der Waals surface area (Å²) in [4.78, 5) is 31.3. The number of carboxylic acid groups (broad SMARTS) is 1. The number of urea groups is 1. The Morgan fingerprint density at radius 1 is 0.956 bits per heavy atom. The summed E-state index contributed by atoms with van der Waals surface area (Å²) < 4.78 is 13.0. The Bertz CT molecular complexity index is 1490. The molecule has 0 spiro atoms. The monoisotopic (exact) mass is 647 g/mol. The number of morpholine rings is 1. The standard InChI is InChI=1S/C35H42ClN3O5Si/c1-35(2,3)45(28-10-6-4-7-11-28,29-12-8-5-9-13-29)44-27-15-17-37(22-27)33(40)38-16-14-25-20-26(36)21-30(31(25)23-38)32-24-43-19-18-39(32)34(41)42/h4-13,20-21,27,32H,14-19,22-24H2,1-3H3,(H,41,42)/t27?,32-/m0/s1. The molecule has 0 saturated carbocycles. The van der Waals surface area contributed by atoms with Gasteiger partial charge < -0.3 is 24.1 Å². The lowest BCUT2D eigenvalue weighted by molar-refractivity contribution is -0.00143. The van der Waals surface area contributed by atoms with E-state index in [-0.39, 0.29) is 23.8 Å². The van der Waals surface area contributed by atoms with Gasteiger partial charge in [-0.2, -0.15) is 0 Å². The summed E-state index contributed by atoms with van der Waals surface area (Å²) >= 11 is 6.51. The minimum absolute atomic E-state index is 0.00918. The number of hydrogen-bond acceptors (Lipinski definition) is 4. The molecule has 8 nitrogen and oxygen atoms in total. The van der Waals surface area contributed by atoms with Crippen LogP contribution in [0.2, 0.25) is 10.1 Å². The van der Waals surface area contributed by atoms with Gasteiger partial charge in [0, 0.05) is 37.7 Å². The largest absolute Gasteiger partial charge is 0.465 e. The van der Waals surface area contributed by atoms with E-state index in [9.17, 15) is 14.7 Å². The molecule has 3 aliphatic heterocycles. The van der Waals surface area contributed by atoms with Crippen LogP contribution in [0.3, 0.4) is 0 Å². The minimum atomic E-state index is -2.74. The molecule has 2 fully saturated rings. The predicted molar refractivity (Wildman–Crippen MR) is 178 cm³/mol. The summed E-state index contributed by atoms with van der Waals surface area (Å²) in [7, 11) is -2.74. The highest BCUT2D eigenvalue weighted by atomic mass is 35.5. The van der Waals surface area contributed by atoms with E-state index < -0.39 is 20.5 Å². The Kier molecular flexibility index (Phi) is 8.98. The minimum Gasteiger partial charge on any atom is -0.465 e. The van der Waals surface area contributed by atoms with Gasteiger partial charge in [0.05, 0.1) is 25.4 Å². The Morgan fingerprint density at radius 2 is 1.62 bits per heavy atom. The fourth-order valence-electron chi connectivity index (χ4n) is 7.35. The van der Waals surface area contributed by atoms with Crippen molar-refractivity contribution in [1.29, 1.82) is 0 Å². The fourth-order valence-corrected chi connectivity index (χ4v) is 12.3. The summed E-state index contributed by atoms with van der Waals surface area (Å²) in [6.45, 7) is 9.88. The van der Waals surface area contributed by atoms with E-state index in [1.165, 1.54) is 15.3 Å². The van der Waals surface area contributed by atoms with Crippen molar-refractivity contribution in [3.8, 4) is 0 Å². The molecule has 6 rings (SSSR count). The van der Waals surface area contributed by atoms with Crippen LogP contribution < -0.4 is 10.4 Å². The third-order valence-electron chi connectivity index (χ3n) is 9.52. The van der Waals surface area contributed by atoms with Crippen LogP contribution >= 0.6 is 11.6 Å². The molecule has 45 heavy (non-hydrogen) atoms. The van der Waals surface area contributed by atoms with Crippen molar-refractivity contribution in [1.82, 2.24) is 14.7 Å². The van der Waals surface area contributed by atoms with E-state index in [0.717, 1.165) is 23.1 Å². The van der Waals surface area contributed by atoms with Crippen LogP contribution in [0.25, 0.3) is 0 Å². The number of halogens is 1. The van der Waals surface area contributed by atoms with Crippen LogP contribution in [0.15, 0.2) is 72.8 Å². The van der Waals surface area contributed by atoms with Crippen molar-refractivity contribution >= 4 is 42.4 Å². The summed E-state index contributed by atoms with van der Waals surface area (Å²) in [6, 6.07) is 24.5. The van der Waals surface area contributed by atoms with E-state index in [1.54, 1.807) is 0 Å². The Morgan fingerprint density at radius 3 is 2.24 bits per heavy atom. The number of likely N-dealkylation sites (tertiary alicyclic amines) is 1. The lowest BCUT2D eigenvalue weighted by Crippen LogP contribution is -2.67. The molecule has 3 aromatic rings. The second-order valence-electron chi connectivity index (χ2n) is 13.3. The van der Waals surface area contributed by atoms with Gasteiger partial charge in [0.2, 0.25) is 0 Å². The molecule has 1 unspecified atom stereocenters. The summed E-state index contributed by atoms with van der Waals surface area (Å²) in [6.07, 6.45) is 0.361. The van der Waals surface area contributed by atoms with Gasteiger partial charge in [0.1, 0.15) is 0 Å². The Labute approximate surface area is 271 Å². The smallest absolute Gasteiger partial charge is 0.407 e. The lowest BCUT2D eigenvalue weighted by Gasteiger charge is -2.44. The predicted octanol–water partition coefficient (Wildman–Crippen LogP) is 5.52. The molecule has 3 aromatic carbocycles. The molecular formula is C35H42ClN3O5Si. The molecule has 0 bridgehead atoms. The molecule has 3 aliphatic rings. The van der Waals surface area contributed by atoms with Crippen molar-refractivity contribution in [2.45, 2.75) is 57.3 Å². The van der Waals surface area contributed by atoms with Crippen LogP contribution in [-0.2, 0) is 22.1 Å². The second-order valence-corrected chi connectivity index (χ2v) is 18.0. The van der Waals surface area contributed by atoms with Crippen LogP contribution in [0.1, 0.15) is 49.9 Å². The molecular weight excluding hydrogens is 606 g/mol. The van der Waals surface area contributed by atoms with Crippen LogP contribution in [0, 0.1) is 0 Å². The highest BCUT2D eigenvalue weighted by molar-refractivity contribution is 6.99. The second kappa shape index (κ2) is 12.8. The molecule has 0 aromatic heterocycles. The molecule has 3 heterocycles. The van der Waals surface area contributed by atoms with Crippen molar-refractivity contribution in [3.05, 3.63) is 94.5 Å². The summed E-state index contributed by atoms with van der Waals surface area (Å²) in [5, 5.41) is 12.8. The van der Waals surface area contributed by atoms with Crippen molar-refractivity contribution in [3.63, 3.8) is 0 Å². The first kappa shape index (κ1) is 31.6. The molecule has 1 N–H and O–H groups in total. The number of benzene rings is 3. The van der Waals surface area contributed by atoms with Crippen LogP contribution in [0.4, 0.5) is 9.59 Å². The lowest BCUT2D eigenvalue weighted by atomic mass is 9.90. The van der Waals surface area contributed by atoms with E-state index in [0.29, 0.717) is 50.8 Å². The molecule has 0 radical (unpaired) electrons. The van der Waals surface area contributed by atoms with E-state index in [1.807, 2.05) is 34.1 Å². The van der Waals surface area contributed by atoms with Gasteiger partial charge in [-0.1, -0.05) is 93.0 Å². The highest BCUT2D eigenvalue weighted by Crippen LogP contribution is 2.39. The summed E-state index contributed by atoms with van der Waals surface area (Å²) in [5.41, 5.74) is 2.86. The van der Waals surface area contributed by atoms with Gasteiger partial charge in [-0.05, 0) is 57.1 Å². The Hall–Kier alpha value is -3.37. The maximum Gasteiger partial charge on any atom is 0.407 e. The SMILES string of the molecule is CC(C)(C)[Si](OC1CCN(C(=O)N2CCc3cc(Cl)cc([C@@H]4COCCN4C(=O)O)c3C2)C1)(c1ccccc1)c1ccccc1. The first-order valence-corrected chi connectivity index (χ1v) is 18.1. The number of amides is 3. The highest BCUT2D eigenvalue weighted by Gasteiger charge is 2.52.